The molecule has 0 radical (unpaired) electrons. The van der Waals surface area contributed by atoms with Crippen LogP contribution in [0.5, 0.6) is 0 Å². The second-order valence-electron chi connectivity index (χ2n) is 4.71. The van der Waals surface area contributed by atoms with Crippen LogP contribution in [0, 0.1) is 6.92 Å². The van der Waals surface area contributed by atoms with Crippen LogP contribution in [0.25, 0.3) is 11.3 Å². The Morgan fingerprint density at radius 2 is 1.68 bits per heavy atom. The van der Waals surface area contributed by atoms with Gasteiger partial charge in [0.15, 0.2) is 5.13 Å². The van der Waals surface area contributed by atoms with Gasteiger partial charge in [-0.05, 0) is 37.3 Å². The molecule has 0 aliphatic rings. The number of hydrogen-bond donors (Lipinski definition) is 1. The lowest BCUT2D eigenvalue weighted by molar-refractivity contribution is 1.36. The van der Waals surface area contributed by atoms with Crippen LogP contribution in [-0.4, -0.2) is 4.98 Å². The number of aromatic nitrogens is 1. The smallest absolute Gasteiger partial charge is 0.187 e. The third-order valence-electron chi connectivity index (χ3n) is 3.03. The zero-order chi connectivity index (χ0) is 15.7. The summed E-state index contributed by atoms with van der Waals surface area (Å²) in [7, 11) is 0. The van der Waals surface area contributed by atoms with E-state index in [0.29, 0.717) is 10.0 Å². The maximum Gasteiger partial charge on any atom is 0.187 e. The maximum absolute atomic E-state index is 6.02. The molecule has 22 heavy (non-hydrogen) atoms. The van der Waals surface area contributed by atoms with Gasteiger partial charge >= 0.3 is 0 Å². The van der Waals surface area contributed by atoms with E-state index >= 15 is 0 Å². The topological polar surface area (TPSA) is 24.9 Å². The molecule has 1 N–H and O–H groups in total. The average molecular weight is 414 g/mol. The predicted octanol–water partition coefficient (Wildman–Crippen LogP) is 6.93. The highest BCUT2D eigenvalue weighted by Crippen LogP contribution is 2.33. The Labute approximate surface area is 151 Å². The fourth-order valence-electron chi connectivity index (χ4n) is 2.07. The van der Waals surface area contributed by atoms with Crippen molar-refractivity contribution in [3.05, 3.63) is 61.9 Å². The number of hydrogen-bond acceptors (Lipinski definition) is 3. The zero-order valence-electron chi connectivity index (χ0n) is 11.5. The quantitative estimate of drug-likeness (QED) is 0.503. The minimum Gasteiger partial charge on any atom is -0.331 e. The summed E-state index contributed by atoms with van der Waals surface area (Å²) >= 11 is 17.1. The second-order valence-corrected chi connectivity index (χ2v) is 7.71. The van der Waals surface area contributed by atoms with Crippen LogP contribution in [0.15, 0.2) is 46.9 Å². The van der Waals surface area contributed by atoms with Crippen molar-refractivity contribution in [2.45, 2.75) is 6.92 Å². The van der Waals surface area contributed by atoms with Gasteiger partial charge < -0.3 is 5.32 Å². The third kappa shape index (κ3) is 3.63. The van der Waals surface area contributed by atoms with Crippen LogP contribution in [0.3, 0.4) is 0 Å². The number of aryl methyl sites for hydroxylation is 1. The Morgan fingerprint density at radius 1 is 1.05 bits per heavy atom. The van der Waals surface area contributed by atoms with Gasteiger partial charge in [0.25, 0.3) is 0 Å². The predicted molar refractivity (Wildman–Crippen MR) is 99.7 cm³/mol. The summed E-state index contributed by atoms with van der Waals surface area (Å²) in [6.07, 6.45) is 0. The summed E-state index contributed by atoms with van der Waals surface area (Å²) < 4.78 is 1.05. The first-order chi connectivity index (χ1) is 10.5. The SMILES string of the molecule is Cc1sc(Nc2cc(Cl)cc(Cl)c2)nc1-c1ccc(Br)cc1. The lowest BCUT2D eigenvalue weighted by atomic mass is 10.1. The molecule has 3 rings (SSSR count). The monoisotopic (exact) mass is 412 g/mol. The highest BCUT2D eigenvalue weighted by atomic mass is 79.9. The molecule has 0 amide bonds. The molecule has 1 heterocycles. The van der Waals surface area contributed by atoms with E-state index in [1.54, 1.807) is 17.4 Å². The number of nitrogens with one attached hydrogen (secondary N) is 1. The van der Waals surface area contributed by atoms with Crippen LogP contribution in [0.1, 0.15) is 4.88 Å². The van der Waals surface area contributed by atoms with Crippen LogP contribution >= 0.6 is 50.5 Å². The van der Waals surface area contributed by atoms with Gasteiger partial charge in [0.1, 0.15) is 0 Å². The Kier molecular flexibility index (Phi) is 4.73. The van der Waals surface area contributed by atoms with Crippen molar-refractivity contribution in [2.75, 3.05) is 5.32 Å². The van der Waals surface area contributed by atoms with Crippen molar-refractivity contribution < 1.29 is 0 Å². The fourth-order valence-corrected chi connectivity index (χ4v) is 3.72. The molecule has 2 nitrogen and oxygen atoms in total. The summed E-state index contributed by atoms with van der Waals surface area (Å²) in [5.41, 5.74) is 2.90. The number of thiazole rings is 1. The Bertz CT molecular complexity index is 795. The first-order valence-electron chi connectivity index (χ1n) is 6.48. The Balaban J connectivity index is 1.90. The maximum atomic E-state index is 6.02. The van der Waals surface area contributed by atoms with E-state index in [-0.39, 0.29) is 0 Å². The fraction of sp³-hybridized carbons (Fsp3) is 0.0625. The summed E-state index contributed by atoms with van der Waals surface area (Å²) in [6, 6.07) is 13.5. The molecule has 0 atom stereocenters. The van der Waals surface area contributed by atoms with Crippen LogP contribution in [0.2, 0.25) is 10.0 Å². The minimum atomic E-state index is 0.594. The largest absolute Gasteiger partial charge is 0.331 e. The van der Waals surface area contributed by atoms with Gasteiger partial charge in [-0.15, -0.1) is 11.3 Å². The number of benzene rings is 2. The molecule has 3 aromatic rings. The molecule has 0 saturated heterocycles. The van der Waals surface area contributed by atoms with Gasteiger partial charge in [-0.1, -0.05) is 51.3 Å². The minimum absolute atomic E-state index is 0.594. The molecule has 0 spiro atoms. The third-order valence-corrected chi connectivity index (χ3v) is 4.88. The van der Waals surface area contributed by atoms with E-state index in [4.69, 9.17) is 23.2 Å². The van der Waals surface area contributed by atoms with Gasteiger partial charge in [0, 0.05) is 30.6 Å². The summed E-state index contributed by atoms with van der Waals surface area (Å²) in [5, 5.41) is 5.26. The molecular formula is C16H11BrCl2N2S. The zero-order valence-corrected chi connectivity index (χ0v) is 15.4. The second kappa shape index (κ2) is 6.59. The average Bonchev–Trinajstić information content (AvgIpc) is 2.79. The number of rotatable bonds is 3. The van der Waals surface area contributed by atoms with Crippen molar-refractivity contribution in [1.82, 2.24) is 4.98 Å². The van der Waals surface area contributed by atoms with Crippen molar-refractivity contribution in [1.29, 1.82) is 0 Å². The first-order valence-corrected chi connectivity index (χ1v) is 8.84. The molecule has 0 unspecified atom stereocenters. The standard InChI is InChI=1S/C16H11BrCl2N2S/c1-9-15(10-2-4-11(17)5-3-10)21-16(22-9)20-14-7-12(18)6-13(19)8-14/h2-8H,1H3,(H,20,21). The normalized spacial score (nSPS) is 10.7. The van der Waals surface area contributed by atoms with Crippen molar-refractivity contribution >= 4 is 61.3 Å². The van der Waals surface area contributed by atoms with Gasteiger partial charge in [-0.3, -0.25) is 0 Å². The van der Waals surface area contributed by atoms with E-state index in [0.717, 1.165) is 31.4 Å². The van der Waals surface area contributed by atoms with Gasteiger partial charge in [0.2, 0.25) is 0 Å². The van der Waals surface area contributed by atoms with E-state index in [9.17, 15) is 0 Å². The highest BCUT2D eigenvalue weighted by Gasteiger charge is 2.10. The summed E-state index contributed by atoms with van der Waals surface area (Å²) in [6.45, 7) is 2.06. The Morgan fingerprint density at radius 3 is 2.32 bits per heavy atom. The molecule has 0 aliphatic heterocycles. The van der Waals surface area contributed by atoms with Gasteiger partial charge in [-0.25, -0.2) is 4.98 Å². The van der Waals surface area contributed by atoms with Gasteiger partial charge in [-0.2, -0.15) is 0 Å². The molecule has 1 aromatic heterocycles. The molecule has 0 saturated carbocycles. The van der Waals surface area contributed by atoms with Crippen molar-refractivity contribution in [3.63, 3.8) is 0 Å². The van der Waals surface area contributed by atoms with Crippen LogP contribution < -0.4 is 5.32 Å². The summed E-state index contributed by atoms with van der Waals surface area (Å²) in [4.78, 5) is 5.82. The van der Waals surface area contributed by atoms with E-state index in [2.05, 4.69) is 33.2 Å². The molecule has 6 heteroatoms. The molecular weight excluding hydrogens is 403 g/mol. The molecule has 2 aromatic carbocycles. The number of nitrogens with zero attached hydrogens (tertiary/aromatic N) is 1. The molecule has 112 valence electrons. The number of anilines is 2. The van der Waals surface area contributed by atoms with E-state index in [1.807, 2.05) is 36.4 Å². The van der Waals surface area contributed by atoms with Crippen LogP contribution in [-0.2, 0) is 0 Å². The molecule has 0 fully saturated rings. The lowest BCUT2D eigenvalue weighted by Crippen LogP contribution is -1.89. The lowest BCUT2D eigenvalue weighted by Gasteiger charge is -2.03. The first kappa shape index (κ1) is 15.8. The highest BCUT2D eigenvalue weighted by molar-refractivity contribution is 9.10. The number of halogens is 3. The van der Waals surface area contributed by atoms with Gasteiger partial charge in [0.05, 0.1) is 5.69 Å². The molecule has 0 bridgehead atoms. The summed E-state index contributed by atoms with van der Waals surface area (Å²) in [5.74, 6) is 0. The van der Waals surface area contributed by atoms with Crippen molar-refractivity contribution in [3.8, 4) is 11.3 Å². The molecule has 0 aliphatic carbocycles. The van der Waals surface area contributed by atoms with E-state index in [1.165, 1.54) is 0 Å². The van der Waals surface area contributed by atoms with Crippen molar-refractivity contribution in [2.24, 2.45) is 0 Å². The van der Waals surface area contributed by atoms with E-state index < -0.39 is 0 Å². The van der Waals surface area contributed by atoms with Crippen LogP contribution in [0.4, 0.5) is 10.8 Å². The Hall–Kier alpha value is -1.07.